The Morgan fingerprint density at radius 3 is 2.36 bits per heavy atom. The van der Waals surface area contributed by atoms with E-state index in [1.165, 1.54) is 19.3 Å². The second-order valence-corrected chi connectivity index (χ2v) is 5.20. The molecule has 0 spiro atoms. The molecule has 84 valence electrons. The summed E-state index contributed by atoms with van der Waals surface area (Å²) in [7, 11) is 0. The van der Waals surface area contributed by atoms with Crippen molar-refractivity contribution in [3.05, 3.63) is 0 Å². The van der Waals surface area contributed by atoms with Gasteiger partial charge in [-0.15, -0.1) is 0 Å². The van der Waals surface area contributed by atoms with Crippen LogP contribution in [0.2, 0.25) is 0 Å². The molecule has 1 aliphatic rings. The molecule has 0 radical (unpaired) electrons. The van der Waals surface area contributed by atoms with Crippen molar-refractivity contribution in [1.29, 1.82) is 0 Å². The van der Waals surface area contributed by atoms with E-state index in [2.05, 4.69) is 32.6 Å². The number of rotatable bonds is 3. The van der Waals surface area contributed by atoms with Crippen molar-refractivity contribution in [2.75, 3.05) is 13.1 Å². The molecule has 0 amide bonds. The largest absolute Gasteiger partial charge is 0.326 e. The SMILES string of the molecule is CCN(CC)C1CCCC(C)(C)C1N. The Hall–Kier alpha value is -0.0800. The van der Waals surface area contributed by atoms with Crippen LogP contribution in [0.3, 0.4) is 0 Å². The van der Waals surface area contributed by atoms with Gasteiger partial charge in [0.1, 0.15) is 0 Å². The molecule has 0 aliphatic heterocycles. The van der Waals surface area contributed by atoms with Gasteiger partial charge in [0.2, 0.25) is 0 Å². The third-order valence-electron chi connectivity index (χ3n) is 3.92. The standard InChI is InChI=1S/C12H26N2/c1-5-14(6-2)10-8-7-9-12(3,4)11(10)13/h10-11H,5-9,13H2,1-4H3. The minimum absolute atomic E-state index is 0.325. The highest BCUT2D eigenvalue weighted by atomic mass is 15.2. The molecule has 2 unspecified atom stereocenters. The first-order valence-corrected chi connectivity index (χ1v) is 6.02. The molecule has 0 saturated heterocycles. The second kappa shape index (κ2) is 4.63. The fraction of sp³-hybridized carbons (Fsp3) is 1.00. The molecule has 0 aromatic heterocycles. The van der Waals surface area contributed by atoms with Crippen LogP contribution in [0.1, 0.15) is 47.0 Å². The fourth-order valence-corrected chi connectivity index (χ4v) is 2.74. The van der Waals surface area contributed by atoms with Gasteiger partial charge < -0.3 is 5.73 Å². The normalized spacial score (nSPS) is 32.1. The van der Waals surface area contributed by atoms with Crippen LogP contribution in [0.15, 0.2) is 0 Å². The molecule has 0 bridgehead atoms. The van der Waals surface area contributed by atoms with Crippen LogP contribution < -0.4 is 5.73 Å². The molecular weight excluding hydrogens is 172 g/mol. The molecule has 1 saturated carbocycles. The first-order chi connectivity index (χ1) is 6.53. The summed E-state index contributed by atoms with van der Waals surface area (Å²) in [5.41, 5.74) is 6.69. The second-order valence-electron chi connectivity index (χ2n) is 5.20. The number of hydrogen-bond donors (Lipinski definition) is 1. The van der Waals surface area contributed by atoms with Gasteiger partial charge in [-0.25, -0.2) is 0 Å². The van der Waals surface area contributed by atoms with E-state index in [0.29, 0.717) is 17.5 Å². The van der Waals surface area contributed by atoms with E-state index in [1.807, 2.05) is 0 Å². The van der Waals surface area contributed by atoms with Crippen LogP contribution in [0.25, 0.3) is 0 Å². The van der Waals surface area contributed by atoms with Gasteiger partial charge in [0.25, 0.3) is 0 Å². The highest BCUT2D eigenvalue weighted by Crippen LogP contribution is 2.36. The molecular formula is C12H26N2. The smallest absolute Gasteiger partial charge is 0.0252 e. The van der Waals surface area contributed by atoms with Crippen LogP contribution in [0, 0.1) is 5.41 Å². The van der Waals surface area contributed by atoms with Crippen LogP contribution in [0.4, 0.5) is 0 Å². The van der Waals surface area contributed by atoms with E-state index >= 15 is 0 Å². The quantitative estimate of drug-likeness (QED) is 0.753. The lowest BCUT2D eigenvalue weighted by molar-refractivity contribution is 0.0748. The van der Waals surface area contributed by atoms with Gasteiger partial charge in [0, 0.05) is 12.1 Å². The Bertz CT molecular complexity index is 173. The number of nitrogens with zero attached hydrogens (tertiary/aromatic N) is 1. The van der Waals surface area contributed by atoms with Crippen molar-refractivity contribution in [3.63, 3.8) is 0 Å². The van der Waals surface area contributed by atoms with Crippen molar-refractivity contribution in [2.45, 2.75) is 59.0 Å². The van der Waals surface area contributed by atoms with Crippen molar-refractivity contribution in [3.8, 4) is 0 Å². The summed E-state index contributed by atoms with van der Waals surface area (Å²) in [5.74, 6) is 0. The van der Waals surface area contributed by atoms with E-state index in [-0.39, 0.29) is 0 Å². The van der Waals surface area contributed by atoms with Gasteiger partial charge >= 0.3 is 0 Å². The predicted molar refractivity (Wildman–Crippen MR) is 62.3 cm³/mol. The summed E-state index contributed by atoms with van der Waals surface area (Å²) in [4.78, 5) is 2.52. The average Bonchev–Trinajstić information content (AvgIpc) is 2.14. The lowest BCUT2D eigenvalue weighted by Gasteiger charge is -2.46. The summed E-state index contributed by atoms with van der Waals surface area (Å²) in [6.07, 6.45) is 3.90. The number of likely N-dealkylation sites (N-methyl/N-ethyl adjacent to an activating group) is 1. The summed E-state index contributed by atoms with van der Waals surface area (Å²) >= 11 is 0. The molecule has 0 heterocycles. The molecule has 1 aliphatic carbocycles. The molecule has 1 rings (SSSR count). The van der Waals surface area contributed by atoms with Crippen molar-refractivity contribution >= 4 is 0 Å². The Labute approximate surface area is 88.8 Å². The lowest BCUT2D eigenvalue weighted by Crippen LogP contribution is -2.56. The van der Waals surface area contributed by atoms with Crippen molar-refractivity contribution < 1.29 is 0 Å². The van der Waals surface area contributed by atoms with E-state index in [9.17, 15) is 0 Å². The molecule has 0 aromatic carbocycles. The Morgan fingerprint density at radius 1 is 1.29 bits per heavy atom. The fourth-order valence-electron chi connectivity index (χ4n) is 2.74. The highest BCUT2D eigenvalue weighted by molar-refractivity contribution is 4.95. The van der Waals surface area contributed by atoms with Crippen molar-refractivity contribution in [2.24, 2.45) is 11.1 Å². The minimum atomic E-state index is 0.325. The third kappa shape index (κ3) is 2.29. The van der Waals surface area contributed by atoms with E-state index < -0.39 is 0 Å². The highest BCUT2D eigenvalue weighted by Gasteiger charge is 2.38. The van der Waals surface area contributed by atoms with E-state index in [1.54, 1.807) is 0 Å². The van der Waals surface area contributed by atoms with Crippen LogP contribution >= 0.6 is 0 Å². The van der Waals surface area contributed by atoms with Crippen LogP contribution in [0.5, 0.6) is 0 Å². The maximum atomic E-state index is 6.37. The van der Waals surface area contributed by atoms with Gasteiger partial charge in [-0.1, -0.05) is 34.1 Å². The van der Waals surface area contributed by atoms with Crippen LogP contribution in [-0.4, -0.2) is 30.1 Å². The zero-order chi connectivity index (χ0) is 10.8. The molecule has 2 atom stereocenters. The summed E-state index contributed by atoms with van der Waals surface area (Å²) in [5, 5.41) is 0. The molecule has 2 heteroatoms. The van der Waals surface area contributed by atoms with E-state index in [4.69, 9.17) is 5.73 Å². The predicted octanol–water partition coefficient (Wildman–Crippen LogP) is 2.23. The number of hydrogen-bond acceptors (Lipinski definition) is 2. The molecule has 14 heavy (non-hydrogen) atoms. The topological polar surface area (TPSA) is 29.3 Å². The maximum Gasteiger partial charge on any atom is 0.0252 e. The average molecular weight is 198 g/mol. The van der Waals surface area contributed by atoms with Crippen LogP contribution in [-0.2, 0) is 0 Å². The lowest BCUT2D eigenvalue weighted by atomic mass is 9.71. The monoisotopic (exact) mass is 198 g/mol. The summed E-state index contributed by atoms with van der Waals surface area (Å²) in [6, 6.07) is 0.949. The molecule has 2 nitrogen and oxygen atoms in total. The number of nitrogens with two attached hydrogens (primary N) is 1. The summed E-state index contributed by atoms with van der Waals surface area (Å²) < 4.78 is 0. The molecule has 0 aromatic rings. The van der Waals surface area contributed by atoms with Gasteiger partial charge in [-0.05, 0) is 31.3 Å². The van der Waals surface area contributed by atoms with Crippen molar-refractivity contribution in [1.82, 2.24) is 4.90 Å². The Kier molecular flexibility index (Phi) is 3.96. The maximum absolute atomic E-state index is 6.37. The van der Waals surface area contributed by atoms with Gasteiger partial charge in [0.15, 0.2) is 0 Å². The Morgan fingerprint density at radius 2 is 1.86 bits per heavy atom. The van der Waals surface area contributed by atoms with E-state index in [0.717, 1.165) is 13.1 Å². The zero-order valence-electron chi connectivity index (χ0n) is 10.2. The Balaban J connectivity index is 2.68. The van der Waals surface area contributed by atoms with Gasteiger partial charge in [-0.3, -0.25) is 4.90 Å². The minimum Gasteiger partial charge on any atom is -0.326 e. The first-order valence-electron chi connectivity index (χ1n) is 6.02. The van der Waals surface area contributed by atoms with Gasteiger partial charge in [0.05, 0.1) is 0 Å². The first kappa shape index (κ1) is 12.0. The third-order valence-corrected chi connectivity index (χ3v) is 3.92. The van der Waals surface area contributed by atoms with Gasteiger partial charge in [-0.2, -0.15) is 0 Å². The summed E-state index contributed by atoms with van der Waals surface area (Å²) in [6.45, 7) is 11.4. The molecule has 1 fully saturated rings. The molecule has 2 N–H and O–H groups in total. The zero-order valence-corrected chi connectivity index (χ0v) is 10.2.